The minimum Gasteiger partial charge on any atom is -0.462 e. The zero-order valence-electron chi connectivity index (χ0n) is 19.2. The normalized spacial score (nSPS) is 11.9. The number of carbonyl (C=O) groups excluding carboxylic acids is 2. The van der Waals surface area contributed by atoms with Gasteiger partial charge in [-0.25, -0.2) is 4.79 Å². The molecule has 0 bridgehead atoms. The Labute approximate surface area is 185 Å². The van der Waals surface area contributed by atoms with Gasteiger partial charge in [-0.1, -0.05) is 82.4 Å². The number of carbonyl (C=O) groups is 2. The number of esters is 1. The highest BCUT2D eigenvalue weighted by Gasteiger charge is 2.45. The van der Waals surface area contributed by atoms with Crippen molar-refractivity contribution >= 4 is 25.5 Å². The molecule has 3 rings (SSSR count). The zero-order chi connectivity index (χ0) is 22.8. The van der Waals surface area contributed by atoms with Crippen molar-refractivity contribution in [1.29, 1.82) is 0 Å². The third-order valence-electron chi connectivity index (χ3n) is 6.36. The summed E-state index contributed by atoms with van der Waals surface area (Å²) in [6, 6.07) is 19.5. The molecule has 31 heavy (non-hydrogen) atoms. The Bertz CT molecular complexity index is 1080. The monoisotopic (exact) mass is 433 g/mol. The van der Waals surface area contributed by atoms with Gasteiger partial charge >= 0.3 is 5.97 Å². The standard InChI is InChI=1S/C26H31NO3Si/c1-7-30-25(29)22-23(19-14-10-8-11-15-19)27(20-16-12-9-13-17-20)21(18-28)24(22)31(5,6)26(2,3)4/h8-18H,7H2,1-6H3. The van der Waals surface area contributed by atoms with Gasteiger partial charge in [-0.15, -0.1) is 0 Å². The highest BCUT2D eigenvalue weighted by Crippen LogP contribution is 2.40. The second kappa shape index (κ2) is 8.67. The Morgan fingerprint density at radius 1 is 1.00 bits per heavy atom. The number of aromatic nitrogens is 1. The van der Waals surface area contributed by atoms with Crippen molar-refractivity contribution in [2.75, 3.05) is 6.61 Å². The molecule has 0 fully saturated rings. The Kier molecular flexibility index (Phi) is 6.37. The van der Waals surface area contributed by atoms with Crippen molar-refractivity contribution in [1.82, 2.24) is 4.57 Å². The van der Waals surface area contributed by atoms with Crippen molar-refractivity contribution in [2.24, 2.45) is 0 Å². The van der Waals surface area contributed by atoms with Gasteiger partial charge in [0.05, 0.1) is 31.6 Å². The summed E-state index contributed by atoms with van der Waals surface area (Å²) < 4.78 is 7.48. The number of rotatable bonds is 6. The van der Waals surface area contributed by atoms with Crippen LogP contribution in [0.2, 0.25) is 18.1 Å². The predicted octanol–water partition coefficient (Wildman–Crippen LogP) is 5.85. The summed E-state index contributed by atoms with van der Waals surface area (Å²) in [4.78, 5) is 26.0. The van der Waals surface area contributed by atoms with E-state index in [-0.39, 0.29) is 17.6 Å². The summed E-state index contributed by atoms with van der Waals surface area (Å²) in [6.07, 6.45) is 0.901. The largest absolute Gasteiger partial charge is 0.462 e. The maximum Gasteiger partial charge on any atom is 0.340 e. The van der Waals surface area contributed by atoms with Crippen LogP contribution in [0.4, 0.5) is 0 Å². The molecule has 0 unspecified atom stereocenters. The summed E-state index contributed by atoms with van der Waals surface area (Å²) >= 11 is 0. The van der Waals surface area contributed by atoms with E-state index in [0.29, 0.717) is 17.0 Å². The second-order valence-electron chi connectivity index (χ2n) is 9.23. The number of nitrogens with zero attached hydrogens (tertiary/aromatic N) is 1. The van der Waals surface area contributed by atoms with E-state index in [9.17, 15) is 9.59 Å². The summed E-state index contributed by atoms with van der Waals surface area (Å²) in [6.45, 7) is 13.1. The number of benzene rings is 2. The minimum atomic E-state index is -2.31. The molecule has 0 aliphatic heterocycles. The van der Waals surface area contributed by atoms with Gasteiger partial charge in [0.2, 0.25) is 0 Å². The molecule has 0 aliphatic rings. The van der Waals surface area contributed by atoms with E-state index in [0.717, 1.165) is 22.7 Å². The van der Waals surface area contributed by atoms with Crippen molar-refractivity contribution in [3.05, 3.63) is 71.9 Å². The summed E-state index contributed by atoms with van der Waals surface area (Å²) in [5.74, 6) is -0.376. The molecule has 4 nitrogen and oxygen atoms in total. The Hall–Kier alpha value is -2.92. The molecule has 0 radical (unpaired) electrons. The lowest BCUT2D eigenvalue weighted by Gasteiger charge is -2.37. The van der Waals surface area contributed by atoms with Gasteiger partial charge in [0.25, 0.3) is 0 Å². The van der Waals surface area contributed by atoms with Gasteiger partial charge in [0.15, 0.2) is 6.29 Å². The Balaban J connectivity index is 2.56. The van der Waals surface area contributed by atoms with Gasteiger partial charge in [0.1, 0.15) is 0 Å². The van der Waals surface area contributed by atoms with Gasteiger partial charge in [-0.05, 0) is 34.8 Å². The average molecular weight is 434 g/mol. The van der Waals surface area contributed by atoms with Crippen LogP contribution in [0.15, 0.2) is 60.7 Å². The van der Waals surface area contributed by atoms with E-state index in [2.05, 4.69) is 33.9 Å². The van der Waals surface area contributed by atoms with Crippen LogP contribution in [0.1, 0.15) is 48.5 Å². The molecule has 0 aliphatic carbocycles. The first-order chi connectivity index (χ1) is 14.6. The van der Waals surface area contributed by atoms with Gasteiger partial charge < -0.3 is 9.30 Å². The lowest BCUT2D eigenvalue weighted by atomic mass is 10.1. The van der Waals surface area contributed by atoms with Crippen LogP contribution in [-0.2, 0) is 4.74 Å². The van der Waals surface area contributed by atoms with Crippen LogP contribution in [0, 0.1) is 0 Å². The van der Waals surface area contributed by atoms with Crippen molar-refractivity contribution in [3.8, 4) is 16.9 Å². The number of hydrogen-bond donors (Lipinski definition) is 0. The van der Waals surface area contributed by atoms with Gasteiger partial charge in [0, 0.05) is 5.69 Å². The quantitative estimate of drug-likeness (QED) is 0.278. The third-order valence-corrected chi connectivity index (χ3v) is 11.9. The van der Waals surface area contributed by atoms with Gasteiger partial charge in [-0.2, -0.15) is 0 Å². The van der Waals surface area contributed by atoms with Crippen molar-refractivity contribution in [2.45, 2.75) is 45.8 Å². The number of para-hydroxylation sites is 1. The predicted molar refractivity (Wildman–Crippen MR) is 129 cm³/mol. The van der Waals surface area contributed by atoms with E-state index in [4.69, 9.17) is 4.74 Å². The number of aldehydes is 1. The van der Waals surface area contributed by atoms with Crippen LogP contribution in [0.25, 0.3) is 16.9 Å². The average Bonchev–Trinajstić information content (AvgIpc) is 3.10. The van der Waals surface area contributed by atoms with Crippen molar-refractivity contribution < 1.29 is 14.3 Å². The molecule has 0 saturated carbocycles. The first kappa shape index (κ1) is 22.8. The molecule has 0 saturated heterocycles. The molecule has 2 aromatic carbocycles. The van der Waals surface area contributed by atoms with Gasteiger partial charge in [-0.3, -0.25) is 4.79 Å². The Morgan fingerprint density at radius 2 is 1.55 bits per heavy atom. The maximum atomic E-state index is 13.4. The number of hydrogen-bond acceptors (Lipinski definition) is 3. The Morgan fingerprint density at radius 3 is 2.03 bits per heavy atom. The molecular weight excluding hydrogens is 402 g/mol. The SMILES string of the molecule is CCOC(=O)c1c([Si](C)(C)C(C)(C)C)c(C=O)n(-c2ccccc2)c1-c1ccccc1. The molecule has 0 N–H and O–H groups in total. The van der Waals surface area contributed by atoms with E-state index < -0.39 is 8.07 Å². The van der Waals surface area contributed by atoms with Crippen LogP contribution < -0.4 is 5.19 Å². The van der Waals surface area contributed by atoms with Crippen LogP contribution in [0.5, 0.6) is 0 Å². The highest BCUT2D eigenvalue weighted by atomic mass is 28.3. The van der Waals surface area contributed by atoms with E-state index in [1.165, 1.54) is 0 Å². The molecule has 1 heterocycles. The summed E-state index contributed by atoms with van der Waals surface area (Å²) in [5.41, 5.74) is 3.50. The van der Waals surface area contributed by atoms with Crippen LogP contribution in [0.3, 0.4) is 0 Å². The molecule has 3 aromatic rings. The fourth-order valence-electron chi connectivity index (χ4n) is 3.83. The lowest BCUT2D eigenvalue weighted by Crippen LogP contribution is -2.52. The zero-order valence-corrected chi connectivity index (χ0v) is 20.2. The van der Waals surface area contributed by atoms with E-state index in [1.807, 2.05) is 65.2 Å². The summed E-state index contributed by atoms with van der Waals surface area (Å²) in [5, 5.41) is 0.777. The van der Waals surface area contributed by atoms with E-state index in [1.54, 1.807) is 6.92 Å². The summed E-state index contributed by atoms with van der Waals surface area (Å²) in [7, 11) is -2.31. The second-order valence-corrected chi connectivity index (χ2v) is 14.5. The van der Waals surface area contributed by atoms with E-state index >= 15 is 0 Å². The topological polar surface area (TPSA) is 48.3 Å². The molecule has 0 spiro atoms. The smallest absolute Gasteiger partial charge is 0.340 e. The van der Waals surface area contributed by atoms with Crippen molar-refractivity contribution in [3.63, 3.8) is 0 Å². The molecule has 1 aromatic heterocycles. The van der Waals surface area contributed by atoms with Crippen LogP contribution in [-0.4, -0.2) is 31.5 Å². The molecule has 0 amide bonds. The molecule has 5 heteroatoms. The van der Waals surface area contributed by atoms with Crippen LogP contribution >= 0.6 is 0 Å². The molecule has 0 atom stereocenters. The molecular formula is C26H31NO3Si. The highest BCUT2D eigenvalue weighted by molar-refractivity contribution is 6.93. The fraction of sp³-hybridized carbons (Fsp3) is 0.308. The molecule has 162 valence electrons. The number of ether oxygens (including phenoxy) is 1. The minimum absolute atomic E-state index is 0.0805. The first-order valence-electron chi connectivity index (χ1n) is 10.7. The maximum absolute atomic E-state index is 13.4. The lowest BCUT2D eigenvalue weighted by molar-refractivity contribution is 0.0528. The first-order valence-corrected chi connectivity index (χ1v) is 13.7. The third kappa shape index (κ3) is 4.02. The fourth-order valence-corrected chi connectivity index (χ4v) is 6.23.